The highest BCUT2D eigenvalue weighted by Gasteiger charge is 2.14. The van der Waals surface area contributed by atoms with Crippen LogP contribution in [0.3, 0.4) is 0 Å². The molecule has 134 valence electrons. The van der Waals surface area contributed by atoms with Crippen molar-refractivity contribution in [2.45, 2.75) is 26.7 Å². The third-order valence-electron chi connectivity index (χ3n) is 4.04. The molecule has 2 aromatic carbocycles. The minimum absolute atomic E-state index is 0.0284. The largest absolute Gasteiger partial charge is 0.493 e. The molecule has 3 aromatic rings. The van der Waals surface area contributed by atoms with Crippen molar-refractivity contribution in [1.29, 1.82) is 0 Å². The summed E-state index contributed by atoms with van der Waals surface area (Å²) in [6.07, 6.45) is 1.81. The second-order valence-corrected chi connectivity index (χ2v) is 6.00. The number of ether oxygens (including phenoxy) is 1. The van der Waals surface area contributed by atoms with Crippen LogP contribution in [-0.4, -0.2) is 12.5 Å². The zero-order valence-electron chi connectivity index (χ0n) is 14.9. The summed E-state index contributed by atoms with van der Waals surface area (Å²) in [6.45, 7) is 4.67. The molecule has 0 spiro atoms. The highest BCUT2D eigenvalue weighted by molar-refractivity contribution is 6.05. The van der Waals surface area contributed by atoms with E-state index in [0.29, 0.717) is 29.0 Å². The maximum atomic E-state index is 12.4. The van der Waals surface area contributed by atoms with Gasteiger partial charge in [0.05, 0.1) is 6.61 Å². The number of amides is 1. The molecule has 0 aliphatic heterocycles. The lowest BCUT2D eigenvalue weighted by Gasteiger charge is -2.07. The second-order valence-electron chi connectivity index (χ2n) is 6.00. The van der Waals surface area contributed by atoms with E-state index in [1.165, 1.54) is 5.56 Å². The predicted octanol–water partition coefficient (Wildman–Crippen LogP) is 4.40. The molecule has 0 bridgehead atoms. The van der Waals surface area contributed by atoms with Gasteiger partial charge in [-0.05, 0) is 48.7 Å². The zero-order valence-corrected chi connectivity index (χ0v) is 14.9. The first-order chi connectivity index (χ1) is 12.6. The van der Waals surface area contributed by atoms with Crippen LogP contribution < -0.4 is 15.7 Å². The third kappa shape index (κ3) is 3.94. The number of anilines is 1. The van der Waals surface area contributed by atoms with Gasteiger partial charge in [0.15, 0.2) is 0 Å². The van der Waals surface area contributed by atoms with Gasteiger partial charge in [0.2, 0.25) is 0 Å². The molecule has 0 atom stereocenters. The van der Waals surface area contributed by atoms with Crippen LogP contribution >= 0.6 is 0 Å². The van der Waals surface area contributed by atoms with Crippen molar-refractivity contribution in [3.63, 3.8) is 0 Å². The Morgan fingerprint density at radius 1 is 1.08 bits per heavy atom. The molecule has 1 aromatic heterocycles. The first-order valence-corrected chi connectivity index (χ1v) is 8.71. The first kappa shape index (κ1) is 17.7. The molecule has 0 radical (unpaired) electrons. The van der Waals surface area contributed by atoms with Gasteiger partial charge in [-0.2, -0.15) is 0 Å². The summed E-state index contributed by atoms with van der Waals surface area (Å²) in [6, 6.07) is 14.3. The Bertz CT molecular complexity index is 973. The Morgan fingerprint density at radius 2 is 1.85 bits per heavy atom. The fourth-order valence-electron chi connectivity index (χ4n) is 2.58. The molecule has 0 unspecified atom stereocenters. The van der Waals surface area contributed by atoms with Crippen molar-refractivity contribution in [3.05, 3.63) is 70.1 Å². The van der Waals surface area contributed by atoms with Crippen LogP contribution in [0.1, 0.15) is 36.2 Å². The van der Waals surface area contributed by atoms with E-state index < -0.39 is 11.5 Å². The van der Waals surface area contributed by atoms with E-state index in [-0.39, 0.29) is 5.56 Å². The number of aryl methyl sites for hydroxylation is 1. The number of carbonyl (C=O) groups is 1. The van der Waals surface area contributed by atoms with E-state index >= 15 is 0 Å². The van der Waals surface area contributed by atoms with Crippen molar-refractivity contribution in [3.8, 4) is 5.75 Å². The SMILES string of the molecule is CCCOc1ccc2cc(C(=O)Nc3ccc(CC)cc3)c(=O)oc2c1. The Morgan fingerprint density at radius 3 is 2.54 bits per heavy atom. The molecule has 1 N–H and O–H groups in total. The summed E-state index contributed by atoms with van der Waals surface area (Å²) >= 11 is 0. The lowest BCUT2D eigenvalue weighted by Crippen LogP contribution is -2.20. The lowest BCUT2D eigenvalue weighted by molar-refractivity contribution is 0.102. The van der Waals surface area contributed by atoms with Crippen LogP contribution in [0.15, 0.2) is 57.7 Å². The summed E-state index contributed by atoms with van der Waals surface area (Å²) in [7, 11) is 0. The van der Waals surface area contributed by atoms with Gasteiger partial charge in [-0.1, -0.05) is 26.0 Å². The molecule has 1 heterocycles. The molecule has 0 aliphatic rings. The second kappa shape index (κ2) is 7.87. The molecule has 0 saturated heterocycles. The number of nitrogens with one attached hydrogen (secondary N) is 1. The molecular weight excluding hydrogens is 330 g/mol. The predicted molar refractivity (Wildman–Crippen MR) is 102 cm³/mol. The van der Waals surface area contributed by atoms with Crippen LogP contribution in [-0.2, 0) is 6.42 Å². The average molecular weight is 351 g/mol. The lowest BCUT2D eigenvalue weighted by atomic mass is 10.1. The van der Waals surface area contributed by atoms with Crippen molar-refractivity contribution in [2.75, 3.05) is 11.9 Å². The molecule has 5 nitrogen and oxygen atoms in total. The van der Waals surface area contributed by atoms with Gasteiger partial charge in [0.25, 0.3) is 5.91 Å². The quantitative estimate of drug-likeness (QED) is 0.669. The van der Waals surface area contributed by atoms with Gasteiger partial charge in [-0.25, -0.2) is 4.79 Å². The summed E-state index contributed by atoms with van der Waals surface area (Å²) < 4.78 is 10.8. The van der Waals surface area contributed by atoms with Gasteiger partial charge >= 0.3 is 5.63 Å². The number of carbonyl (C=O) groups excluding carboxylic acids is 1. The monoisotopic (exact) mass is 351 g/mol. The van der Waals surface area contributed by atoms with Crippen LogP contribution in [0.25, 0.3) is 11.0 Å². The number of hydrogen-bond donors (Lipinski definition) is 1. The fraction of sp³-hybridized carbons (Fsp3) is 0.238. The van der Waals surface area contributed by atoms with Crippen LogP contribution in [0.2, 0.25) is 0 Å². The van der Waals surface area contributed by atoms with E-state index in [9.17, 15) is 9.59 Å². The number of rotatable bonds is 6. The van der Waals surface area contributed by atoms with E-state index in [4.69, 9.17) is 9.15 Å². The van der Waals surface area contributed by atoms with Gasteiger partial charge < -0.3 is 14.5 Å². The van der Waals surface area contributed by atoms with Gasteiger partial charge in [-0.15, -0.1) is 0 Å². The molecule has 0 saturated carbocycles. The molecule has 0 fully saturated rings. The fourth-order valence-corrected chi connectivity index (χ4v) is 2.58. The normalized spacial score (nSPS) is 10.7. The molecule has 3 rings (SSSR count). The van der Waals surface area contributed by atoms with Crippen molar-refractivity contribution in [1.82, 2.24) is 0 Å². The van der Waals surface area contributed by atoms with E-state index in [1.54, 1.807) is 24.3 Å². The summed E-state index contributed by atoms with van der Waals surface area (Å²) in [5.74, 6) is 0.145. The maximum Gasteiger partial charge on any atom is 0.349 e. The van der Waals surface area contributed by atoms with Crippen molar-refractivity contribution < 1.29 is 13.9 Å². The van der Waals surface area contributed by atoms with E-state index in [2.05, 4.69) is 12.2 Å². The Labute approximate surface area is 151 Å². The maximum absolute atomic E-state index is 12.4. The summed E-state index contributed by atoms with van der Waals surface area (Å²) in [5.41, 5.74) is 1.50. The number of benzene rings is 2. The third-order valence-corrected chi connectivity index (χ3v) is 4.04. The molecule has 5 heteroatoms. The Hall–Kier alpha value is -3.08. The molecule has 0 aliphatic carbocycles. The summed E-state index contributed by atoms with van der Waals surface area (Å²) in [4.78, 5) is 24.7. The van der Waals surface area contributed by atoms with Crippen LogP contribution in [0, 0.1) is 0 Å². The Balaban J connectivity index is 1.85. The minimum Gasteiger partial charge on any atom is -0.493 e. The standard InChI is InChI=1S/C21H21NO4/c1-3-11-25-17-10-7-15-12-18(21(24)26-19(15)13-17)20(23)22-16-8-5-14(4-2)6-9-16/h5-10,12-13H,3-4,11H2,1-2H3,(H,22,23). The molecular formula is C21H21NO4. The first-order valence-electron chi connectivity index (χ1n) is 8.71. The van der Waals surface area contributed by atoms with E-state index in [0.717, 1.165) is 12.8 Å². The zero-order chi connectivity index (χ0) is 18.5. The van der Waals surface area contributed by atoms with Crippen LogP contribution in [0.5, 0.6) is 5.75 Å². The van der Waals surface area contributed by atoms with Gasteiger partial charge in [-0.3, -0.25) is 4.79 Å². The minimum atomic E-state index is -0.673. The number of fused-ring (bicyclic) bond motifs is 1. The summed E-state index contributed by atoms with van der Waals surface area (Å²) in [5, 5.41) is 3.40. The van der Waals surface area contributed by atoms with Gasteiger partial charge in [0, 0.05) is 17.1 Å². The topological polar surface area (TPSA) is 68.5 Å². The van der Waals surface area contributed by atoms with Crippen molar-refractivity contribution in [2.24, 2.45) is 0 Å². The van der Waals surface area contributed by atoms with Crippen LogP contribution in [0.4, 0.5) is 5.69 Å². The van der Waals surface area contributed by atoms with Crippen molar-refractivity contribution >= 4 is 22.6 Å². The highest BCUT2D eigenvalue weighted by Crippen LogP contribution is 2.21. The average Bonchev–Trinajstić information content (AvgIpc) is 2.66. The molecule has 1 amide bonds. The number of hydrogen-bond acceptors (Lipinski definition) is 4. The smallest absolute Gasteiger partial charge is 0.349 e. The van der Waals surface area contributed by atoms with Gasteiger partial charge in [0.1, 0.15) is 16.9 Å². The molecule has 26 heavy (non-hydrogen) atoms. The Kier molecular flexibility index (Phi) is 5.37. The van der Waals surface area contributed by atoms with E-state index in [1.807, 2.05) is 31.2 Å². The highest BCUT2D eigenvalue weighted by atomic mass is 16.5.